The van der Waals surface area contributed by atoms with Gasteiger partial charge in [0.1, 0.15) is 0 Å². The van der Waals surface area contributed by atoms with E-state index in [4.69, 9.17) is 9.47 Å². The molecule has 2 aromatic carbocycles. The third-order valence-electron chi connectivity index (χ3n) is 4.57. The van der Waals surface area contributed by atoms with E-state index in [0.717, 1.165) is 29.5 Å². The summed E-state index contributed by atoms with van der Waals surface area (Å²) in [5.74, 6) is 1.37. The molecule has 0 aliphatic heterocycles. The van der Waals surface area contributed by atoms with Gasteiger partial charge in [0.15, 0.2) is 11.5 Å². The van der Waals surface area contributed by atoms with Crippen LogP contribution in [0.4, 0.5) is 0 Å². The molecule has 0 saturated heterocycles. The summed E-state index contributed by atoms with van der Waals surface area (Å²) in [6, 6.07) is 11.0. The summed E-state index contributed by atoms with van der Waals surface area (Å²) in [5, 5.41) is 0. The molecule has 0 bridgehead atoms. The SMILES string of the molecule is COc1ccc(CCCN(C)S(=O)(=O)c2ccc(C)c(C)c2)cc1OC. The Bertz CT molecular complexity index is 862. The molecule has 0 atom stereocenters. The molecule has 0 aliphatic carbocycles. The fraction of sp³-hybridized carbons (Fsp3) is 0.400. The van der Waals surface area contributed by atoms with Gasteiger partial charge in [0.25, 0.3) is 0 Å². The highest BCUT2D eigenvalue weighted by atomic mass is 32.2. The van der Waals surface area contributed by atoms with Gasteiger partial charge < -0.3 is 9.47 Å². The number of hydrogen-bond donors (Lipinski definition) is 0. The topological polar surface area (TPSA) is 55.8 Å². The van der Waals surface area contributed by atoms with Crippen molar-refractivity contribution in [2.24, 2.45) is 0 Å². The van der Waals surface area contributed by atoms with Crippen LogP contribution in [0, 0.1) is 13.8 Å². The van der Waals surface area contributed by atoms with Crippen molar-refractivity contribution in [3.8, 4) is 11.5 Å². The van der Waals surface area contributed by atoms with E-state index in [1.165, 1.54) is 4.31 Å². The van der Waals surface area contributed by atoms with Gasteiger partial charge in [0, 0.05) is 13.6 Å². The van der Waals surface area contributed by atoms with E-state index in [-0.39, 0.29) is 0 Å². The lowest BCUT2D eigenvalue weighted by Gasteiger charge is -2.18. The highest BCUT2D eigenvalue weighted by Gasteiger charge is 2.20. The van der Waals surface area contributed by atoms with Crippen molar-refractivity contribution in [1.82, 2.24) is 4.31 Å². The first-order chi connectivity index (χ1) is 12.3. The van der Waals surface area contributed by atoms with Crippen molar-refractivity contribution in [3.63, 3.8) is 0 Å². The second kappa shape index (κ2) is 8.56. The van der Waals surface area contributed by atoms with Gasteiger partial charge in [-0.25, -0.2) is 12.7 Å². The molecular weight excluding hydrogens is 350 g/mol. The van der Waals surface area contributed by atoms with Gasteiger partial charge in [-0.15, -0.1) is 0 Å². The maximum Gasteiger partial charge on any atom is 0.242 e. The molecule has 0 radical (unpaired) electrons. The molecule has 0 amide bonds. The summed E-state index contributed by atoms with van der Waals surface area (Å²) in [6.07, 6.45) is 1.48. The van der Waals surface area contributed by atoms with Crippen LogP contribution in [0.1, 0.15) is 23.1 Å². The largest absolute Gasteiger partial charge is 0.493 e. The lowest BCUT2D eigenvalue weighted by Crippen LogP contribution is -2.28. The van der Waals surface area contributed by atoms with E-state index in [0.29, 0.717) is 22.9 Å². The lowest BCUT2D eigenvalue weighted by atomic mass is 10.1. The number of sulfonamides is 1. The van der Waals surface area contributed by atoms with Crippen LogP contribution in [0.3, 0.4) is 0 Å². The third kappa shape index (κ3) is 4.56. The van der Waals surface area contributed by atoms with Crippen LogP contribution >= 0.6 is 0 Å². The Morgan fingerprint density at radius 1 is 0.923 bits per heavy atom. The van der Waals surface area contributed by atoms with Crippen molar-refractivity contribution in [2.75, 3.05) is 27.8 Å². The molecule has 5 nitrogen and oxygen atoms in total. The molecule has 0 aromatic heterocycles. The monoisotopic (exact) mass is 377 g/mol. The van der Waals surface area contributed by atoms with Gasteiger partial charge in [-0.3, -0.25) is 0 Å². The molecule has 0 saturated carbocycles. The van der Waals surface area contributed by atoms with Crippen molar-refractivity contribution in [1.29, 1.82) is 0 Å². The first kappa shape index (κ1) is 20.3. The quantitative estimate of drug-likeness (QED) is 0.706. The van der Waals surface area contributed by atoms with Gasteiger partial charge in [-0.2, -0.15) is 0 Å². The maximum atomic E-state index is 12.7. The number of nitrogens with zero attached hydrogens (tertiary/aromatic N) is 1. The molecule has 2 rings (SSSR count). The van der Waals surface area contributed by atoms with Crippen molar-refractivity contribution < 1.29 is 17.9 Å². The van der Waals surface area contributed by atoms with Crippen molar-refractivity contribution in [3.05, 3.63) is 53.1 Å². The standard InChI is InChI=1S/C20H27NO4S/c1-15-8-10-18(13-16(15)2)26(22,23)21(3)12-6-7-17-9-11-19(24-4)20(14-17)25-5/h8-11,13-14H,6-7,12H2,1-5H3. The summed E-state index contributed by atoms with van der Waals surface area (Å²) >= 11 is 0. The first-order valence-corrected chi connectivity index (χ1v) is 9.98. The van der Waals surface area contributed by atoms with E-state index in [2.05, 4.69) is 0 Å². The molecule has 0 aliphatic rings. The summed E-state index contributed by atoms with van der Waals surface area (Å²) < 4.78 is 37.4. The highest BCUT2D eigenvalue weighted by molar-refractivity contribution is 7.89. The van der Waals surface area contributed by atoms with Gasteiger partial charge >= 0.3 is 0 Å². The Hall–Kier alpha value is -2.05. The molecule has 0 unspecified atom stereocenters. The van der Waals surface area contributed by atoms with E-state index in [1.807, 2.05) is 38.1 Å². The van der Waals surface area contributed by atoms with E-state index in [9.17, 15) is 8.42 Å². The van der Waals surface area contributed by atoms with Crippen LogP contribution < -0.4 is 9.47 Å². The zero-order valence-corrected chi connectivity index (χ0v) is 16.9. The molecule has 0 heterocycles. The van der Waals surface area contributed by atoms with Gasteiger partial charge in [-0.05, 0) is 67.6 Å². The minimum atomic E-state index is -3.47. The fourth-order valence-electron chi connectivity index (χ4n) is 2.72. The Kier molecular flexibility index (Phi) is 6.67. The fourth-order valence-corrected chi connectivity index (χ4v) is 4.01. The van der Waals surface area contributed by atoms with E-state index < -0.39 is 10.0 Å². The van der Waals surface area contributed by atoms with Crippen LogP contribution in [0.25, 0.3) is 0 Å². The van der Waals surface area contributed by atoms with E-state index in [1.54, 1.807) is 33.4 Å². The Balaban J connectivity index is 2.01. The summed E-state index contributed by atoms with van der Waals surface area (Å²) in [4.78, 5) is 0.342. The molecule has 0 N–H and O–H groups in total. The zero-order chi connectivity index (χ0) is 19.3. The van der Waals surface area contributed by atoms with Crippen LogP contribution in [-0.2, 0) is 16.4 Å². The Labute approximate surface area is 156 Å². The average molecular weight is 378 g/mol. The Morgan fingerprint density at radius 3 is 2.23 bits per heavy atom. The smallest absolute Gasteiger partial charge is 0.242 e. The number of benzene rings is 2. The number of ether oxygens (including phenoxy) is 2. The second-order valence-corrected chi connectivity index (χ2v) is 8.41. The van der Waals surface area contributed by atoms with Gasteiger partial charge in [0.05, 0.1) is 19.1 Å². The van der Waals surface area contributed by atoms with Crippen molar-refractivity contribution >= 4 is 10.0 Å². The van der Waals surface area contributed by atoms with Crippen molar-refractivity contribution in [2.45, 2.75) is 31.6 Å². The predicted molar refractivity (Wildman–Crippen MR) is 104 cm³/mol. The van der Waals surface area contributed by atoms with Gasteiger partial charge in [-0.1, -0.05) is 12.1 Å². The molecule has 142 valence electrons. The lowest BCUT2D eigenvalue weighted by molar-refractivity contribution is 0.354. The summed E-state index contributed by atoms with van der Waals surface area (Å²) in [5.41, 5.74) is 3.14. The molecule has 26 heavy (non-hydrogen) atoms. The molecule has 0 fully saturated rings. The maximum absolute atomic E-state index is 12.7. The number of hydrogen-bond acceptors (Lipinski definition) is 4. The first-order valence-electron chi connectivity index (χ1n) is 8.54. The highest BCUT2D eigenvalue weighted by Crippen LogP contribution is 2.28. The van der Waals surface area contributed by atoms with Gasteiger partial charge in [0.2, 0.25) is 10.0 Å². The number of rotatable bonds is 8. The minimum Gasteiger partial charge on any atom is -0.493 e. The molecule has 0 spiro atoms. The average Bonchev–Trinajstić information content (AvgIpc) is 2.63. The second-order valence-electron chi connectivity index (χ2n) is 6.37. The molecule has 6 heteroatoms. The molecular formula is C20H27NO4S. The van der Waals surface area contributed by atoms with E-state index >= 15 is 0 Å². The summed E-state index contributed by atoms with van der Waals surface area (Å²) in [6.45, 7) is 4.34. The predicted octanol–water partition coefficient (Wildman–Crippen LogP) is 3.57. The van der Waals surface area contributed by atoms with Crippen LogP contribution in [-0.4, -0.2) is 40.5 Å². The number of aryl methyl sites for hydroxylation is 3. The normalized spacial score (nSPS) is 11.6. The minimum absolute atomic E-state index is 0.342. The molecule has 2 aromatic rings. The Morgan fingerprint density at radius 2 is 1.62 bits per heavy atom. The zero-order valence-electron chi connectivity index (χ0n) is 16.1. The number of methoxy groups -OCH3 is 2. The summed E-state index contributed by atoms with van der Waals surface area (Å²) in [7, 11) is 1.36. The van der Waals surface area contributed by atoms with Crippen LogP contribution in [0.15, 0.2) is 41.3 Å². The van der Waals surface area contributed by atoms with Crippen LogP contribution in [0.2, 0.25) is 0 Å². The third-order valence-corrected chi connectivity index (χ3v) is 6.43. The van der Waals surface area contributed by atoms with Crippen LogP contribution in [0.5, 0.6) is 11.5 Å².